The van der Waals surface area contributed by atoms with Crippen molar-refractivity contribution in [2.24, 2.45) is 0 Å². The Morgan fingerprint density at radius 3 is 2.50 bits per heavy atom. The standard InChI is InChI=1S/C6H2F3N3/c7-6(8,9)4-1-2-11-12-5(4)3-10/h1-2H. The Hall–Kier alpha value is -1.64. The van der Waals surface area contributed by atoms with Crippen molar-refractivity contribution in [3.05, 3.63) is 23.5 Å². The van der Waals surface area contributed by atoms with Gasteiger partial charge < -0.3 is 0 Å². The molecule has 3 nitrogen and oxygen atoms in total. The number of halogens is 3. The monoisotopic (exact) mass is 173 g/mol. The highest BCUT2D eigenvalue weighted by molar-refractivity contribution is 5.30. The maximum atomic E-state index is 12.0. The Morgan fingerprint density at radius 2 is 2.08 bits per heavy atom. The van der Waals surface area contributed by atoms with Crippen LogP contribution in [-0.4, -0.2) is 10.2 Å². The number of aromatic nitrogens is 2. The quantitative estimate of drug-likeness (QED) is 0.595. The Kier molecular flexibility index (Phi) is 1.95. The van der Waals surface area contributed by atoms with Gasteiger partial charge in [0.25, 0.3) is 0 Å². The smallest absolute Gasteiger partial charge is 0.191 e. The molecule has 1 aromatic heterocycles. The van der Waals surface area contributed by atoms with Crippen molar-refractivity contribution in [2.75, 3.05) is 0 Å². The lowest BCUT2D eigenvalue weighted by Crippen LogP contribution is -2.09. The highest BCUT2D eigenvalue weighted by atomic mass is 19.4. The highest BCUT2D eigenvalue weighted by Gasteiger charge is 2.34. The predicted octanol–water partition coefficient (Wildman–Crippen LogP) is 1.37. The van der Waals surface area contributed by atoms with Crippen molar-refractivity contribution in [3.63, 3.8) is 0 Å². The van der Waals surface area contributed by atoms with E-state index in [2.05, 4.69) is 10.2 Å². The summed E-state index contributed by atoms with van der Waals surface area (Å²) in [4.78, 5) is 0. The summed E-state index contributed by atoms with van der Waals surface area (Å²) in [5.41, 5.74) is -1.76. The SMILES string of the molecule is N#Cc1nnccc1C(F)(F)F. The summed E-state index contributed by atoms with van der Waals surface area (Å²) in [7, 11) is 0. The van der Waals surface area contributed by atoms with Crippen LogP contribution in [-0.2, 0) is 6.18 Å². The van der Waals surface area contributed by atoms with Crippen molar-refractivity contribution in [2.45, 2.75) is 6.18 Å². The van der Waals surface area contributed by atoms with Gasteiger partial charge in [-0.15, -0.1) is 5.10 Å². The fraction of sp³-hybridized carbons (Fsp3) is 0.167. The zero-order valence-electron chi connectivity index (χ0n) is 5.63. The minimum Gasteiger partial charge on any atom is -0.191 e. The third-order valence-corrected chi connectivity index (χ3v) is 1.13. The molecule has 0 unspecified atom stereocenters. The molecule has 1 aromatic rings. The summed E-state index contributed by atoms with van der Waals surface area (Å²) in [5.74, 6) is 0. The Bertz CT molecular complexity index is 326. The van der Waals surface area contributed by atoms with Crippen molar-refractivity contribution in [1.82, 2.24) is 10.2 Å². The van der Waals surface area contributed by atoms with Gasteiger partial charge in [0.1, 0.15) is 6.07 Å². The lowest BCUT2D eigenvalue weighted by atomic mass is 10.2. The molecule has 0 fully saturated rings. The summed E-state index contributed by atoms with van der Waals surface area (Å²) in [6.45, 7) is 0. The first-order valence-electron chi connectivity index (χ1n) is 2.84. The van der Waals surface area contributed by atoms with Gasteiger partial charge in [-0.2, -0.15) is 23.5 Å². The van der Waals surface area contributed by atoms with Gasteiger partial charge in [0.2, 0.25) is 0 Å². The maximum absolute atomic E-state index is 12.0. The van der Waals surface area contributed by atoms with Gasteiger partial charge in [-0.25, -0.2) is 0 Å². The van der Waals surface area contributed by atoms with Crippen LogP contribution in [0.15, 0.2) is 12.3 Å². The van der Waals surface area contributed by atoms with Gasteiger partial charge in [-0.05, 0) is 6.07 Å². The van der Waals surface area contributed by atoms with E-state index in [0.717, 1.165) is 6.20 Å². The van der Waals surface area contributed by atoms with E-state index in [1.54, 1.807) is 0 Å². The molecule has 0 aliphatic heterocycles. The molecular formula is C6H2F3N3. The van der Waals surface area contributed by atoms with Crippen molar-refractivity contribution < 1.29 is 13.2 Å². The molecule has 1 rings (SSSR count). The van der Waals surface area contributed by atoms with E-state index in [9.17, 15) is 13.2 Å². The van der Waals surface area contributed by atoms with E-state index in [1.807, 2.05) is 0 Å². The summed E-state index contributed by atoms with van der Waals surface area (Å²) in [5, 5.41) is 14.4. The number of rotatable bonds is 0. The normalized spacial score (nSPS) is 10.8. The maximum Gasteiger partial charge on any atom is 0.419 e. The summed E-state index contributed by atoms with van der Waals surface area (Å²) in [6.07, 6.45) is -3.65. The van der Waals surface area contributed by atoms with Gasteiger partial charge in [0.15, 0.2) is 5.69 Å². The molecule has 1 heterocycles. The molecule has 0 aliphatic carbocycles. The van der Waals surface area contributed by atoms with Crippen LogP contribution in [0.5, 0.6) is 0 Å². The van der Waals surface area contributed by atoms with E-state index in [1.165, 1.54) is 6.07 Å². The first-order valence-corrected chi connectivity index (χ1v) is 2.84. The lowest BCUT2D eigenvalue weighted by molar-refractivity contribution is -0.138. The van der Waals surface area contributed by atoms with E-state index in [-0.39, 0.29) is 0 Å². The largest absolute Gasteiger partial charge is 0.419 e. The molecule has 0 aromatic carbocycles. The summed E-state index contributed by atoms with van der Waals surface area (Å²) >= 11 is 0. The molecule has 0 saturated carbocycles. The number of alkyl halides is 3. The topological polar surface area (TPSA) is 49.6 Å². The molecule has 0 aliphatic rings. The van der Waals surface area contributed by atoms with Crippen LogP contribution in [0.2, 0.25) is 0 Å². The van der Waals surface area contributed by atoms with E-state index >= 15 is 0 Å². The van der Waals surface area contributed by atoms with Crippen molar-refractivity contribution in [1.29, 1.82) is 5.26 Å². The molecule has 12 heavy (non-hydrogen) atoms. The molecular weight excluding hydrogens is 171 g/mol. The summed E-state index contributed by atoms with van der Waals surface area (Å²) < 4.78 is 36.0. The van der Waals surface area contributed by atoms with Gasteiger partial charge in [0.05, 0.1) is 11.8 Å². The van der Waals surface area contributed by atoms with Crippen LogP contribution in [0, 0.1) is 11.3 Å². The van der Waals surface area contributed by atoms with Gasteiger partial charge in [-0.3, -0.25) is 0 Å². The second kappa shape index (κ2) is 2.77. The molecule has 0 bridgehead atoms. The Labute approximate surface area is 65.5 Å². The fourth-order valence-corrected chi connectivity index (χ4v) is 0.643. The molecule has 6 heteroatoms. The van der Waals surface area contributed by atoms with Crippen LogP contribution in [0.25, 0.3) is 0 Å². The van der Waals surface area contributed by atoms with Crippen molar-refractivity contribution in [3.8, 4) is 6.07 Å². The second-order valence-corrected chi connectivity index (χ2v) is 1.90. The fourth-order valence-electron chi connectivity index (χ4n) is 0.643. The average molecular weight is 173 g/mol. The number of nitrogens with zero attached hydrogens (tertiary/aromatic N) is 3. The van der Waals surface area contributed by atoms with Crippen molar-refractivity contribution >= 4 is 0 Å². The third kappa shape index (κ3) is 1.50. The minimum atomic E-state index is -4.54. The highest BCUT2D eigenvalue weighted by Crippen LogP contribution is 2.29. The lowest BCUT2D eigenvalue weighted by Gasteiger charge is -2.05. The molecule has 0 amide bonds. The number of hydrogen-bond acceptors (Lipinski definition) is 3. The number of nitriles is 1. The Balaban J connectivity index is 3.26. The molecule has 0 radical (unpaired) electrons. The van der Waals surface area contributed by atoms with Gasteiger partial charge in [-0.1, -0.05) is 0 Å². The zero-order valence-corrected chi connectivity index (χ0v) is 5.63. The first kappa shape index (κ1) is 8.46. The Morgan fingerprint density at radius 1 is 1.42 bits per heavy atom. The van der Waals surface area contributed by atoms with Crippen LogP contribution >= 0.6 is 0 Å². The van der Waals surface area contributed by atoms with E-state index in [4.69, 9.17) is 5.26 Å². The summed E-state index contributed by atoms with van der Waals surface area (Å²) in [6, 6.07) is 2.02. The predicted molar refractivity (Wildman–Crippen MR) is 31.7 cm³/mol. The zero-order chi connectivity index (χ0) is 9.19. The van der Waals surface area contributed by atoms with Gasteiger partial charge >= 0.3 is 6.18 Å². The van der Waals surface area contributed by atoms with Gasteiger partial charge in [0, 0.05) is 0 Å². The minimum absolute atomic E-state index is 0.704. The first-order chi connectivity index (χ1) is 5.55. The second-order valence-electron chi connectivity index (χ2n) is 1.90. The van der Waals surface area contributed by atoms with Crippen LogP contribution < -0.4 is 0 Å². The van der Waals surface area contributed by atoms with Crippen LogP contribution in [0.1, 0.15) is 11.3 Å². The number of hydrogen-bond donors (Lipinski definition) is 0. The van der Waals surface area contributed by atoms with Crippen LogP contribution in [0.3, 0.4) is 0 Å². The molecule has 0 N–H and O–H groups in total. The van der Waals surface area contributed by atoms with E-state index < -0.39 is 17.4 Å². The average Bonchev–Trinajstić information content (AvgIpc) is 2.03. The molecule has 0 atom stereocenters. The molecule has 0 saturated heterocycles. The third-order valence-electron chi connectivity index (χ3n) is 1.13. The van der Waals surface area contributed by atoms with E-state index in [0.29, 0.717) is 6.07 Å². The van der Waals surface area contributed by atoms with Crippen LogP contribution in [0.4, 0.5) is 13.2 Å². The molecule has 62 valence electrons. The molecule has 0 spiro atoms.